The van der Waals surface area contributed by atoms with Crippen molar-refractivity contribution in [2.24, 2.45) is 0 Å². The highest BCUT2D eigenvalue weighted by Gasteiger charge is 2.31. The van der Waals surface area contributed by atoms with Crippen molar-refractivity contribution in [2.45, 2.75) is 19.1 Å². The number of ether oxygens (including phenoxy) is 1. The Morgan fingerprint density at radius 1 is 1.67 bits per heavy atom. The summed E-state index contributed by atoms with van der Waals surface area (Å²) in [5.74, 6) is 0. The maximum Gasteiger partial charge on any atom is 0.0902 e. The number of hydrogen-bond acceptors (Lipinski definition) is 5. The first-order valence-electron chi connectivity index (χ1n) is 5.21. The molecular formula is C10H17N3OS. The molecule has 1 aromatic rings. The highest BCUT2D eigenvalue weighted by molar-refractivity contribution is 7.09. The maximum atomic E-state index is 5.75. The van der Waals surface area contributed by atoms with Crippen LogP contribution in [0.1, 0.15) is 11.8 Å². The van der Waals surface area contributed by atoms with Gasteiger partial charge in [0.05, 0.1) is 17.7 Å². The molecule has 0 aromatic carbocycles. The second-order valence-corrected chi connectivity index (χ2v) is 5.02. The number of thiazole rings is 1. The van der Waals surface area contributed by atoms with Gasteiger partial charge in [-0.25, -0.2) is 0 Å². The molecule has 0 unspecified atom stereocenters. The molecule has 15 heavy (non-hydrogen) atoms. The third kappa shape index (κ3) is 3.24. The number of nitrogens with one attached hydrogen (secondary N) is 2. The number of rotatable bonds is 6. The molecule has 5 heteroatoms. The quantitative estimate of drug-likeness (QED) is 0.699. The van der Waals surface area contributed by atoms with Crippen molar-refractivity contribution in [3.05, 3.63) is 16.6 Å². The lowest BCUT2D eigenvalue weighted by molar-refractivity contribution is -0.0648. The zero-order chi connectivity index (χ0) is 10.6. The van der Waals surface area contributed by atoms with E-state index in [1.54, 1.807) is 11.3 Å². The van der Waals surface area contributed by atoms with Gasteiger partial charge in [0.25, 0.3) is 0 Å². The molecule has 1 aromatic heterocycles. The minimum Gasteiger partial charge on any atom is -0.371 e. The Kier molecular flexibility index (Phi) is 3.69. The van der Waals surface area contributed by atoms with Crippen molar-refractivity contribution in [3.63, 3.8) is 0 Å². The molecule has 0 amide bonds. The van der Waals surface area contributed by atoms with Gasteiger partial charge in [-0.3, -0.25) is 4.98 Å². The normalized spacial score (nSPS) is 18.7. The van der Waals surface area contributed by atoms with Gasteiger partial charge in [-0.05, 0) is 6.92 Å². The van der Waals surface area contributed by atoms with Crippen LogP contribution in [0.4, 0.5) is 0 Å². The summed E-state index contributed by atoms with van der Waals surface area (Å²) in [6.07, 6.45) is 1.90. The highest BCUT2D eigenvalue weighted by atomic mass is 32.1. The van der Waals surface area contributed by atoms with Gasteiger partial charge >= 0.3 is 0 Å². The molecule has 0 spiro atoms. The van der Waals surface area contributed by atoms with Crippen LogP contribution in [0.3, 0.4) is 0 Å². The lowest BCUT2D eigenvalue weighted by Gasteiger charge is -2.39. The molecule has 1 fully saturated rings. The van der Waals surface area contributed by atoms with E-state index >= 15 is 0 Å². The number of nitrogens with zero attached hydrogens (tertiary/aromatic N) is 1. The molecule has 2 N–H and O–H groups in total. The molecule has 1 saturated heterocycles. The average Bonchev–Trinajstić information content (AvgIpc) is 2.67. The summed E-state index contributed by atoms with van der Waals surface area (Å²) in [5, 5.41) is 6.55. The van der Waals surface area contributed by atoms with Crippen LogP contribution in [0.2, 0.25) is 0 Å². The number of aromatic nitrogens is 1. The fourth-order valence-electron chi connectivity index (χ4n) is 1.49. The van der Waals surface area contributed by atoms with E-state index in [2.05, 4.69) is 22.5 Å². The Bertz CT molecular complexity index is 285. The zero-order valence-corrected chi connectivity index (χ0v) is 9.77. The van der Waals surface area contributed by atoms with Crippen LogP contribution >= 0.6 is 11.3 Å². The Labute approximate surface area is 94.1 Å². The maximum absolute atomic E-state index is 5.75. The third-order valence-electron chi connectivity index (χ3n) is 2.51. The topological polar surface area (TPSA) is 46.2 Å². The summed E-state index contributed by atoms with van der Waals surface area (Å²) in [6, 6.07) is 0. The Morgan fingerprint density at radius 3 is 3.13 bits per heavy atom. The van der Waals surface area contributed by atoms with E-state index in [9.17, 15) is 0 Å². The van der Waals surface area contributed by atoms with E-state index in [0.717, 1.165) is 32.8 Å². The van der Waals surface area contributed by atoms with E-state index in [1.165, 1.54) is 4.88 Å². The van der Waals surface area contributed by atoms with Gasteiger partial charge in [0.1, 0.15) is 0 Å². The van der Waals surface area contributed by atoms with Crippen LogP contribution in [-0.2, 0) is 11.3 Å². The lowest BCUT2D eigenvalue weighted by Crippen LogP contribution is -2.59. The van der Waals surface area contributed by atoms with Crippen molar-refractivity contribution < 1.29 is 4.74 Å². The van der Waals surface area contributed by atoms with Crippen LogP contribution in [0.25, 0.3) is 0 Å². The summed E-state index contributed by atoms with van der Waals surface area (Å²) < 4.78 is 5.75. The van der Waals surface area contributed by atoms with Gasteiger partial charge in [-0.2, -0.15) is 0 Å². The van der Waals surface area contributed by atoms with E-state index in [1.807, 2.05) is 11.7 Å². The second-order valence-electron chi connectivity index (χ2n) is 4.05. The van der Waals surface area contributed by atoms with Gasteiger partial charge in [0.2, 0.25) is 0 Å². The largest absolute Gasteiger partial charge is 0.371 e. The van der Waals surface area contributed by atoms with Crippen LogP contribution in [-0.4, -0.2) is 36.8 Å². The minimum atomic E-state index is 0.0756. The summed E-state index contributed by atoms with van der Waals surface area (Å²) in [6.45, 7) is 6.66. The van der Waals surface area contributed by atoms with Gasteiger partial charge < -0.3 is 15.4 Å². The van der Waals surface area contributed by atoms with Gasteiger partial charge in [0.15, 0.2) is 0 Å². The molecule has 1 aliphatic rings. The van der Waals surface area contributed by atoms with E-state index in [4.69, 9.17) is 4.74 Å². The van der Waals surface area contributed by atoms with Crippen molar-refractivity contribution in [1.29, 1.82) is 0 Å². The fourth-order valence-corrected chi connectivity index (χ4v) is 2.05. The molecule has 0 aliphatic carbocycles. The van der Waals surface area contributed by atoms with E-state index in [0.29, 0.717) is 0 Å². The Hall–Kier alpha value is -0.490. The zero-order valence-electron chi connectivity index (χ0n) is 8.95. The third-order valence-corrected chi connectivity index (χ3v) is 3.29. The molecule has 2 heterocycles. The SMILES string of the molecule is CC1(OCCNCc2cncs2)CNC1. The summed E-state index contributed by atoms with van der Waals surface area (Å²) in [4.78, 5) is 5.29. The summed E-state index contributed by atoms with van der Waals surface area (Å²) in [7, 11) is 0. The molecule has 0 radical (unpaired) electrons. The van der Waals surface area contributed by atoms with Crippen LogP contribution in [0.15, 0.2) is 11.7 Å². The smallest absolute Gasteiger partial charge is 0.0902 e. The average molecular weight is 227 g/mol. The standard InChI is InChI=1S/C10H17N3OS/c1-10(6-13-7-10)14-3-2-11-4-9-5-12-8-15-9/h5,8,11,13H,2-4,6-7H2,1H3. The molecule has 2 rings (SSSR count). The van der Waals surface area contributed by atoms with Crippen molar-refractivity contribution in [3.8, 4) is 0 Å². The Morgan fingerprint density at radius 2 is 2.53 bits per heavy atom. The van der Waals surface area contributed by atoms with Crippen molar-refractivity contribution in [2.75, 3.05) is 26.2 Å². The van der Waals surface area contributed by atoms with Crippen LogP contribution in [0.5, 0.6) is 0 Å². The first kappa shape index (κ1) is 11.0. The molecule has 84 valence electrons. The molecule has 0 atom stereocenters. The van der Waals surface area contributed by atoms with Gasteiger partial charge in [0, 0.05) is 37.3 Å². The molecule has 4 nitrogen and oxygen atoms in total. The van der Waals surface area contributed by atoms with Crippen molar-refractivity contribution in [1.82, 2.24) is 15.6 Å². The number of hydrogen-bond donors (Lipinski definition) is 2. The molecule has 0 bridgehead atoms. The minimum absolute atomic E-state index is 0.0756. The fraction of sp³-hybridized carbons (Fsp3) is 0.700. The predicted octanol–water partition coefficient (Wildman–Crippen LogP) is 0.611. The lowest BCUT2D eigenvalue weighted by atomic mass is 10.0. The monoisotopic (exact) mass is 227 g/mol. The van der Waals surface area contributed by atoms with Crippen LogP contribution in [0, 0.1) is 0 Å². The van der Waals surface area contributed by atoms with E-state index < -0.39 is 0 Å². The first-order valence-corrected chi connectivity index (χ1v) is 6.09. The first-order chi connectivity index (χ1) is 7.29. The van der Waals surface area contributed by atoms with Gasteiger partial charge in [-0.15, -0.1) is 11.3 Å². The summed E-state index contributed by atoms with van der Waals surface area (Å²) in [5.41, 5.74) is 1.93. The Balaban J connectivity index is 1.52. The van der Waals surface area contributed by atoms with Crippen LogP contribution < -0.4 is 10.6 Å². The molecular weight excluding hydrogens is 210 g/mol. The van der Waals surface area contributed by atoms with Crippen molar-refractivity contribution >= 4 is 11.3 Å². The molecule has 0 saturated carbocycles. The predicted molar refractivity (Wildman–Crippen MR) is 61.0 cm³/mol. The van der Waals surface area contributed by atoms with E-state index in [-0.39, 0.29) is 5.60 Å². The molecule has 1 aliphatic heterocycles. The highest BCUT2D eigenvalue weighted by Crippen LogP contribution is 2.14. The summed E-state index contributed by atoms with van der Waals surface area (Å²) >= 11 is 1.68. The van der Waals surface area contributed by atoms with Gasteiger partial charge in [-0.1, -0.05) is 0 Å². The second kappa shape index (κ2) is 5.03.